The summed E-state index contributed by atoms with van der Waals surface area (Å²) in [5.41, 5.74) is 0. The van der Waals surface area contributed by atoms with Crippen molar-refractivity contribution in [3.05, 3.63) is 12.2 Å². The Morgan fingerprint density at radius 1 is 1.27 bits per heavy atom. The highest BCUT2D eigenvalue weighted by molar-refractivity contribution is 8.65. The van der Waals surface area contributed by atoms with Gasteiger partial charge in [0, 0.05) is 5.25 Å². The summed E-state index contributed by atoms with van der Waals surface area (Å²) in [5, 5.41) is 0.570. The molecule has 0 aromatic carbocycles. The standard InChI is InChI=1S/C8H12Cl2S/c1-11(9,10)8-5-6-2-3-7(8)4-6/h2-3,6-8H,4-5H2,1H3. The summed E-state index contributed by atoms with van der Waals surface area (Å²) in [5.74, 6) is 1.48. The van der Waals surface area contributed by atoms with Crippen LogP contribution in [0.15, 0.2) is 12.2 Å². The van der Waals surface area contributed by atoms with Crippen molar-refractivity contribution in [2.75, 3.05) is 6.26 Å². The maximum absolute atomic E-state index is 6.15. The zero-order valence-electron chi connectivity index (χ0n) is 6.47. The van der Waals surface area contributed by atoms with Crippen molar-refractivity contribution in [3.8, 4) is 0 Å². The number of allylic oxidation sites excluding steroid dienone is 2. The van der Waals surface area contributed by atoms with Crippen LogP contribution < -0.4 is 0 Å². The van der Waals surface area contributed by atoms with E-state index >= 15 is 0 Å². The van der Waals surface area contributed by atoms with E-state index in [0.29, 0.717) is 11.2 Å². The first-order valence-electron chi connectivity index (χ1n) is 3.92. The van der Waals surface area contributed by atoms with Crippen molar-refractivity contribution >= 4 is 29.8 Å². The number of rotatable bonds is 1. The first-order chi connectivity index (χ1) is 5.07. The molecule has 64 valence electrons. The predicted molar refractivity (Wildman–Crippen MR) is 54.4 cm³/mol. The Bertz CT molecular complexity index is 195. The third kappa shape index (κ3) is 1.43. The first-order valence-corrected chi connectivity index (χ1v) is 7.68. The molecule has 2 aliphatic rings. The van der Waals surface area contributed by atoms with Crippen LogP contribution in [0.1, 0.15) is 12.8 Å². The monoisotopic (exact) mass is 210 g/mol. The average Bonchev–Trinajstić information content (AvgIpc) is 2.42. The van der Waals surface area contributed by atoms with Crippen molar-refractivity contribution in [3.63, 3.8) is 0 Å². The summed E-state index contributed by atoms with van der Waals surface area (Å²) in [6, 6.07) is 0. The third-order valence-electron chi connectivity index (χ3n) is 2.75. The van der Waals surface area contributed by atoms with E-state index in [-0.39, 0.29) is 0 Å². The van der Waals surface area contributed by atoms with E-state index in [0.717, 1.165) is 5.92 Å². The van der Waals surface area contributed by atoms with E-state index in [2.05, 4.69) is 12.2 Å². The minimum atomic E-state index is -1.34. The molecule has 0 heterocycles. The van der Waals surface area contributed by atoms with Gasteiger partial charge in [-0.15, -0.1) is 0 Å². The Labute approximate surface area is 78.3 Å². The lowest BCUT2D eigenvalue weighted by Gasteiger charge is -2.31. The fourth-order valence-electron chi connectivity index (χ4n) is 2.21. The molecular formula is C8H12Cl2S. The van der Waals surface area contributed by atoms with E-state index in [1.54, 1.807) is 0 Å². The van der Waals surface area contributed by atoms with Gasteiger partial charge in [-0.05, 0) is 30.9 Å². The van der Waals surface area contributed by atoms with Crippen molar-refractivity contribution < 1.29 is 0 Å². The molecule has 0 amide bonds. The second-order valence-corrected chi connectivity index (χ2v) is 10.1. The fraction of sp³-hybridized carbons (Fsp3) is 0.750. The largest absolute Gasteiger partial charge is 0.0850 e. The Morgan fingerprint density at radius 2 is 2.00 bits per heavy atom. The minimum Gasteiger partial charge on any atom is -0.0850 e. The number of hydrogen-bond acceptors (Lipinski definition) is 0. The molecule has 3 unspecified atom stereocenters. The molecule has 2 aliphatic carbocycles. The van der Waals surface area contributed by atoms with Crippen LogP contribution >= 0.6 is 29.8 Å². The molecule has 0 aromatic heterocycles. The van der Waals surface area contributed by atoms with Gasteiger partial charge in [-0.2, -0.15) is 0 Å². The topological polar surface area (TPSA) is 0 Å². The molecule has 0 saturated heterocycles. The smallest absolute Gasteiger partial charge is 0.0210 e. The van der Waals surface area contributed by atoms with Crippen LogP contribution in [0, 0.1) is 11.8 Å². The van der Waals surface area contributed by atoms with Gasteiger partial charge in [0.1, 0.15) is 0 Å². The normalized spacial score (nSPS) is 43.4. The molecule has 0 N–H and O–H groups in total. The highest BCUT2D eigenvalue weighted by atomic mass is 36.0. The summed E-state index contributed by atoms with van der Waals surface area (Å²) < 4.78 is 0. The molecule has 0 spiro atoms. The van der Waals surface area contributed by atoms with Crippen LogP contribution in [0.25, 0.3) is 0 Å². The zero-order valence-corrected chi connectivity index (χ0v) is 8.79. The minimum absolute atomic E-state index is 0.570. The van der Waals surface area contributed by atoms with E-state index in [1.165, 1.54) is 12.8 Å². The number of fused-ring (bicyclic) bond motifs is 2. The van der Waals surface area contributed by atoms with Crippen molar-refractivity contribution in [2.45, 2.75) is 18.1 Å². The molecule has 3 atom stereocenters. The van der Waals surface area contributed by atoms with Crippen LogP contribution in [-0.2, 0) is 0 Å². The molecule has 11 heavy (non-hydrogen) atoms. The van der Waals surface area contributed by atoms with Gasteiger partial charge in [-0.25, -0.2) is 0 Å². The molecule has 0 aliphatic heterocycles. The lowest BCUT2D eigenvalue weighted by atomic mass is 10.1. The predicted octanol–water partition coefficient (Wildman–Crippen LogP) is 3.69. The van der Waals surface area contributed by atoms with Gasteiger partial charge >= 0.3 is 0 Å². The second kappa shape index (κ2) is 2.58. The Kier molecular flexibility index (Phi) is 1.94. The van der Waals surface area contributed by atoms with Crippen LogP contribution in [0.5, 0.6) is 0 Å². The van der Waals surface area contributed by atoms with E-state index in [1.807, 2.05) is 6.26 Å². The number of hydrogen-bond donors (Lipinski definition) is 0. The molecule has 2 bridgehead atoms. The average molecular weight is 211 g/mol. The Morgan fingerprint density at radius 3 is 2.27 bits per heavy atom. The van der Waals surface area contributed by atoms with Gasteiger partial charge in [0.2, 0.25) is 0 Å². The summed E-state index contributed by atoms with van der Waals surface area (Å²) in [6.07, 6.45) is 9.14. The zero-order chi connectivity index (χ0) is 8.06. The quantitative estimate of drug-likeness (QED) is 0.580. The van der Waals surface area contributed by atoms with Gasteiger partial charge in [-0.1, -0.05) is 42.0 Å². The summed E-state index contributed by atoms with van der Waals surface area (Å²) in [4.78, 5) is 0. The summed E-state index contributed by atoms with van der Waals surface area (Å²) in [6.45, 7) is 0. The van der Waals surface area contributed by atoms with Gasteiger partial charge in [0.15, 0.2) is 0 Å². The van der Waals surface area contributed by atoms with Crippen LogP contribution in [0.2, 0.25) is 0 Å². The molecule has 0 nitrogen and oxygen atoms in total. The molecule has 1 fully saturated rings. The van der Waals surface area contributed by atoms with Crippen LogP contribution in [0.3, 0.4) is 0 Å². The van der Waals surface area contributed by atoms with Gasteiger partial charge in [-0.3, -0.25) is 0 Å². The second-order valence-electron chi connectivity index (χ2n) is 3.60. The molecule has 2 rings (SSSR count). The summed E-state index contributed by atoms with van der Waals surface area (Å²) in [7, 11) is 11.0. The van der Waals surface area contributed by atoms with Crippen molar-refractivity contribution in [2.24, 2.45) is 11.8 Å². The van der Waals surface area contributed by atoms with Crippen LogP contribution in [0.4, 0.5) is 0 Å². The highest BCUT2D eigenvalue weighted by Crippen LogP contribution is 2.66. The third-order valence-corrected chi connectivity index (χ3v) is 5.73. The van der Waals surface area contributed by atoms with Gasteiger partial charge in [0.05, 0.1) is 0 Å². The molecule has 0 radical (unpaired) electrons. The number of halogens is 2. The van der Waals surface area contributed by atoms with Gasteiger partial charge in [0.25, 0.3) is 0 Å². The van der Waals surface area contributed by atoms with Gasteiger partial charge < -0.3 is 0 Å². The first kappa shape index (κ1) is 8.28. The summed E-state index contributed by atoms with van der Waals surface area (Å²) >= 11 is 0. The van der Waals surface area contributed by atoms with E-state index < -0.39 is 8.46 Å². The van der Waals surface area contributed by atoms with Crippen molar-refractivity contribution in [1.82, 2.24) is 0 Å². The van der Waals surface area contributed by atoms with Crippen LogP contribution in [-0.4, -0.2) is 11.5 Å². The van der Waals surface area contributed by atoms with E-state index in [4.69, 9.17) is 21.4 Å². The van der Waals surface area contributed by atoms with E-state index in [9.17, 15) is 0 Å². The Balaban J connectivity index is 2.15. The highest BCUT2D eigenvalue weighted by Gasteiger charge is 2.42. The lowest BCUT2D eigenvalue weighted by molar-refractivity contribution is 0.692. The Hall–Kier alpha value is 0.670. The SMILES string of the molecule is CS(Cl)(Cl)C1CC2C=CC1C2. The lowest BCUT2D eigenvalue weighted by Crippen LogP contribution is -2.14. The molecule has 1 saturated carbocycles. The van der Waals surface area contributed by atoms with Crippen molar-refractivity contribution in [1.29, 1.82) is 0 Å². The maximum Gasteiger partial charge on any atom is 0.0210 e. The molecule has 0 aromatic rings. The molecular weight excluding hydrogens is 199 g/mol. The maximum atomic E-state index is 6.15. The fourth-order valence-corrected chi connectivity index (χ4v) is 4.84. The molecule has 3 heteroatoms.